The molecule has 4 rings (SSSR count). The van der Waals surface area contributed by atoms with Crippen LogP contribution in [0.3, 0.4) is 0 Å². The highest BCUT2D eigenvalue weighted by Crippen LogP contribution is 2.25. The van der Waals surface area contributed by atoms with Crippen LogP contribution < -0.4 is 0 Å². The van der Waals surface area contributed by atoms with Gasteiger partial charge in [0, 0.05) is 49.8 Å². The van der Waals surface area contributed by atoms with Crippen molar-refractivity contribution < 1.29 is 9.53 Å². The number of rotatable bonds is 4. The number of para-hydroxylation sites is 1. The number of aryl methyl sites for hydroxylation is 1. The van der Waals surface area contributed by atoms with Crippen molar-refractivity contribution in [2.75, 3.05) is 32.7 Å². The van der Waals surface area contributed by atoms with Gasteiger partial charge in [-0.3, -0.25) is 9.69 Å². The van der Waals surface area contributed by atoms with Crippen molar-refractivity contribution in [2.24, 2.45) is 5.92 Å². The molecule has 162 valence electrons. The highest BCUT2D eigenvalue weighted by molar-refractivity contribution is 5.96. The van der Waals surface area contributed by atoms with Crippen LogP contribution in [0, 0.1) is 19.8 Å². The van der Waals surface area contributed by atoms with Gasteiger partial charge in [0.1, 0.15) is 0 Å². The first-order chi connectivity index (χ1) is 14.4. The third kappa shape index (κ3) is 4.47. The number of amides is 1. The van der Waals surface area contributed by atoms with E-state index in [4.69, 9.17) is 4.74 Å². The molecule has 0 radical (unpaired) electrons. The van der Waals surface area contributed by atoms with Crippen LogP contribution in [0.25, 0.3) is 5.69 Å². The second kappa shape index (κ2) is 8.94. The van der Waals surface area contributed by atoms with E-state index >= 15 is 0 Å². The topological polar surface area (TPSA) is 37.7 Å². The molecular formula is C25H35N3O2. The average molecular weight is 410 g/mol. The van der Waals surface area contributed by atoms with Crippen molar-refractivity contribution in [3.8, 4) is 5.69 Å². The molecular weight excluding hydrogens is 374 g/mol. The third-order valence-electron chi connectivity index (χ3n) is 6.59. The maximum Gasteiger partial charge on any atom is 0.255 e. The van der Waals surface area contributed by atoms with Crippen LogP contribution in [0.1, 0.15) is 48.4 Å². The van der Waals surface area contributed by atoms with Crippen molar-refractivity contribution in [3.05, 3.63) is 53.3 Å². The van der Waals surface area contributed by atoms with Crippen LogP contribution in [0.5, 0.6) is 0 Å². The van der Waals surface area contributed by atoms with Gasteiger partial charge in [-0.15, -0.1) is 0 Å². The SMILES string of the molecule is Cc1cc(C(=O)N2CCC(CN3CC(C)OC(C)C3)CC2)c(C)n1-c1ccccc1. The Labute approximate surface area is 180 Å². The van der Waals surface area contributed by atoms with Gasteiger partial charge in [0.2, 0.25) is 0 Å². The molecule has 30 heavy (non-hydrogen) atoms. The van der Waals surface area contributed by atoms with Gasteiger partial charge in [-0.2, -0.15) is 0 Å². The summed E-state index contributed by atoms with van der Waals surface area (Å²) in [6, 6.07) is 12.3. The Morgan fingerprint density at radius 1 is 1.03 bits per heavy atom. The molecule has 2 fully saturated rings. The van der Waals surface area contributed by atoms with Gasteiger partial charge >= 0.3 is 0 Å². The van der Waals surface area contributed by atoms with Crippen LogP contribution in [0.15, 0.2) is 36.4 Å². The highest BCUT2D eigenvalue weighted by atomic mass is 16.5. The molecule has 2 saturated heterocycles. The molecule has 2 aliphatic heterocycles. The van der Waals surface area contributed by atoms with E-state index in [0.29, 0.717) is 18.1 Å². The number of piperidine rings is 1. The lowest BCUT2D eigenvalue weighted by molar-refractivity contribution is -0.0728. The van der Waals surface area contributed by atoms with Crippen LogP contribution in [0.2, 0.25) is 0 Å². The molecule has 5 heteroatoms. The van der Waals surface area contributed by atoms with Crippen molar-refractivity contribution in [1.29, 1.82) is 0 Å². The Morgan fingerprint density at radius 2 is 1.67 bits per heavy atom. The van der Waals surface area contributed by atoms with Crippen molar-refractivity contribution in [3.63, 3.8) is 0 Å². The first-order valence-corrected chi connectivity index (χ1v) is 11.3. The van der Waals surface area contributed by atoms with Gasteiger partial charge in [0.25, 0.3) is 5.91 Å². The zero-order valence-electron chi connectivity index (χ0n) is 18.8. The number of ether oxygens (including phenoxy) is 1. The van der Waals surface area contributed by atoms with E-state index in [-0.39, 0.29) is 5.91 Å². The maximum atomic E-state index is 13.3. The van der Waals surface area contributed by atoms with E-state index in [1.54, 1.807) is 0 Å². The summed E-state index contributed by atoms with van der Waals surface area (Å²) >= 11 is 0. The van der Waals surface area contributed by atoms with Gasteiger partial charge in [-0.1, -0.05) is 18.2 Å². The highest BCUT2D eigenvalue weighted by Gasteiger charge is 2.29. The summed E-state index contributed by atoms with van der Waals surface area (Å²) in [7, 11) is 0. The fourth-order valence-electron chi connectivity index (χ4n) is 5.24. The third-order valence-corrected chi connectivity index (χ3v) is 6.59. The minimum atomic E-state index is 0.178. The number of benzene rings is 1. The summed E-state index contributed by atoms with van der Waals surface area (Å²) in [5.74, 6) is 0.848. The zero-order chi connectivity index (χ0) is 21.3. The van der Waals surface area contributed by atoms with Gasteiger partial charge < -0.3 is 14.2 Å². The summed E-state index contributed by atoms with van der Waals surface area (Å²) in [6.45, 7) is 13.3. The minimum Gasteiger partial charge on any atom is -0.373 e. The molecule has 0 bridgehead atoms. The molecule has 3 heterocycles. The summed E-state index contributed by atoms with van der Waals surface area (Å²) in [5, 5.41) is 0. The van der Waals surface area contributed by atoms with Crippen molar-refractivity contribution in [1.82, 2.24) is 14.4 Å². The molecule has 0 aliphatic carbocycles. The summed E-state index contributed by atoms with van der Waals surface area (Å²) < 4.78 is 8.04. The van der Waals surface area contributed by atoms with Crippen LogP contribution >= 0.6 is 0 Å². The normalized spacial score (nSPS) is 23.7. The van der Waals surface area contributed by atoms with E-state index in [1.807, 2.05) is 24.3 Å². The number of morpholine rings is 1. The number of carbonyl (C=O) groups excluding carboxylic acids is 1. The Morgan fingerprint density at radius 3 is 2.30 bits per heavy atom. The molecule has 0 N–H and O–H groups in total. The number of nitrogens with zero attached hydrogens (tertiary/aromatic N) is 3. The molecule has 2 atom stereocenters. The molecule has 1 aromatic carbocycles. The van der Waals surface area contributed by atoms with Crippen molar-refractivity contribution >= 4 is 5.91 Å². The van der Waals surface area contributed by atoms with Crippen molar-refractivity contribution in [2.45, 2.75) is 52.7 Å². The van der Waals surface area contributed by atoms with E-state index in [0.717, 1.165) is 68.2 Å². The van der Waals surface area contributed by atoms with Crippen LogP contribution in [0.4, 0.5) is 0 Å². The number of hydrogen-bond donors (Lipinski definition) is 0. The second-order valence-corrected chi connectivity index (χ2v) is 9.17. The van der Waals surface area contributed by atoms with E-state index in [1.165, 1.54) is 0 Å². The predicted octanol–water partition coefficient (Wildman–Crippen LogP) is 4.06. The molecule has 1 amide bonds. The zero-order valence-corrected chi connectivity index (χ0v) is 18.8. The smallest absolute Gasteiger partial charge is 0.255 e. The summed E-state index contributed by atoms with van der Waals surface area (Å²) in [5.41, 5.74) is 4.08. The molecule has 0 spiro atoms. The van der Waals surface area contributed by atoms with Gasteiger partial charge in [0.15, 0.2) is 0 Å². The Hall–Kier alpha value is -2.11. The lowest BCUT2D eigenvalue weighted by atomic mass is 9.95. The fourth-order valence-corrected chi connectivity index (χ4v) is 5.24. The van der Waals surface area contributed by atoms with E-state index < -0.39 is 0 Å². The van der Waals surface area contributed by atoms with Crippen LogP contribution in [-0.2, 0) is 4.74 Å². The molecule has 0 saturated carbocycles. The first-order valence-electron chi connectivity index (χ1n) is 11.3. The molecule has 2 aromatic rings. The minimum absolute atomic E-state index is 0.178. The Balaban J connectivity index is 1.38. The maximum absolute atomic E-state index is 13.3. The lowest BCUT2D eigenvalue weighted by Crippen LogP contribution is -2.48. The number of likely N-dealkylation sites (tertiary alicyclic amines) is 1. The molecule has 2 unspecified atom stereocenters. The molecule has 5 nitrogen and oxygen atoms in total. The Kier molecular flexibility index (Phi) is 6.30. The van der Waals surface area contributed by atoms with E-state index in [2.05, 4.69) is 54.2 Å². The quantitative estimate of drug-likeness (QED) is 0.764. The fraction of sp³-hybridized carbons (Fsp3) is 0.560. The summed E-state index contributed by atoms with van der Waals surface area (Å²) in [6.07, 6.45) is 2.80. The second-order valence-electron chi connectivity index (χ2n) is 9.17. The first kappa shape index (κ1) is 21.1. The van der Waals surface area contributed by atoms with Gasteiger partial charge in [0.05, 0.1) is 17.8 Å². The van der Waals surface area contributed by atoms with E-state index in [9.17, 15) is 4.79 Å². The largest absolute Gasteiger partial charge is 0.373 e. The van der Waals surface area contributed by atoms with Gasteiger partial charge in [-0.05, 0) is 64.7 Å². The van der Waals surface area contributed by atoms with Gasteiger partial charge in [-0.25, -0.2) is 0 Å². The Bertz CT molecular complexity index is 858. The monoisotopic (exact) mass is 409 g/mol. The molecule has 1 aromatic heterocycles. The average Bonchev–Trinajstić information content (AvgIpc) is 3.02. The summed E-state index contributed by atoms with van der Waals surface area (Å²) in [4.78, 5) is 17.9. The standard InChI is InChI=1S/C25H35N3O2/c1-18-14-24(21(4)28(18)23-8-6-5-7-9-23)25(29)27-12-10-22(11-13-27)17-26-15-19(2)30-20(3)16-26/h5-9,14,19-20,22H,10-13,15-17H2,1-4H3. The lowest BCUT2D eigenvalue weighted by Gasteiger charge is -2.39. The predicted molar refractivity (Wildman–Crippen MR) is 120 cm³/mol. The van der Waals surface area contributed by atoms with Crippen LogP contribution in [-0.4, -0.2) is 65.2 Å². The number of hydrogen-bond acceptors (Lipinski definition) is 3. The number of aromatic nitrogens is 1. The molecule has 2 aliphatic rings. The number of carbonyl (C=O) groups is 1.